The summed E-state index contributed by atoms with van der Waals surface area (Å²) in [5.41, 5.74) is 5.89. The van der Waals surface area contributed by atoms with E-state index in [0.717, 1.165) is 0 Å². The van der Waals surface area contributed by atoms with Crippen LogP contribution in [-0.2, 0) is 35.3 Å². The maximum absolute atomic E-state index is 14.2. The number of hydrogen-bond donors (Lipinski definition) is 4. The number of imide groups is 1. The number of rotatable bonds is 16. The van der Waals surface area contributed by atoms with Crippen molar-refractivity contribution in [1.82, 2.24) is 15.5 Å². The highest BCUT2D eigenvalue weighted by atomic mass is 16.6. The third-order valence-corrected chi connectivity index (χ3v) is 7.61. The topological polar surface area (TPSA) is 185 Å². The van der Waals surface area contributed by atoms with E-state index in [9.17, 15) is 33.9 Å². The van der Waals surface area contributed by atoms with Gasteiger partial charge in [0.2, 0.25) is 11.8 Å². The predicted octanol–water partition coefficient (Wildman–Crippen LogP) is 3.27. The number of nitrogens with zero attached hydrogens (tertiary/aromatic N) is 1. The molecule has 0 fully saturated rings. The summed E-state index contributed by atoms with van der Waals surface area (Å²) in [7, 11) is 0. The van der Waals surface area contributed by atoms with Crippen LogP contribution in [0.2, 0.25) is 0 Å². The number of carboxylic acid groups (broad SMARTS) is 1. The zero-order valence-corrected chi connectivity index (χ0v) is 27.2. The number of aliphatic carboxylic acids is 1. The largest absolute Gasteiger partial charge is 0.481 e. The maximum Gasteiger partial charge on any atom is 0.417 e. The van der Waals surface area contributed by atoms with E-state index >= 15 is 0 Å². The first-order chi connectivity index (χ1) is 20.4. The van der Waals surface area contributed by atoms with Gasteiger partial charge in [0.05, 0.1) is 18.0 Å². The Morgan fingerprint density at radius 2 is 1.57 bits per heavy atom. The summed E-state index contributed by atoms with van der Waals surface area (Å²) in [5.74, 6) is -5.09. The number of nitrogens with two attached hydrogens (primary N) is 1. The molecular weight excluding hydrogens is 568 g/mol. The first kappa shape index (κ1) is 38.2. The van der Waals surface area contributed by atoms with Crippen molar-refractivity contribution in [2.24, 2.45) is 28.9 Å². The molecular formula is C32H50N4O8. The van der Waals surface area contributed by atoms with Crippen LogP contribution in [0, 0.1) is 23.2 Å². The summed E-state index contributed by atoms with van der Waals surface area (Å²) < 4.78 is 5.42. The van der Waals surface area contributed by atoms with Gasteiger partial charge >= 0.3 is 12.1 Å². The van der Waals surface area contributed by atoms with Crippen molar-refractivity contribution in [2.75, 3.05) is 0 Å². The summed E-state index contributed by atoms with van der Waals surface area (Å²) in [6.07, 6.45) is -0.105. The third kappa shape index (κ3) is 11.7. The minimum absolute atomic E-state index is 0.0639. The van der Waals surface area contributed by atoms with Crippen LogP contribution >= 0.6 is 0 Å². The van der Waals surface area contributed by atoms with Crippen molar-refractivity contribution in [3.05, 3.63) is 35.9 Å². The van der Waals surface area contributed by atoms with E-state index in [4.69, 9.17) is 10.5 Å². The van der Waals surface area contributed by atoms with Gasteiger partial charge in [-0.2, -0.15) is 0 Å². The second-order valence-corrected chi connectivity index (χ2v) is 12.8. The molecule has 1 aromatic carbocycles. The van der Waals surface area contributed by atoms with Gasteiger partial charge < -0.3 is 31.0 Å². The fraction of sp³-hybridized carbons (Fsp3) is 0.625. The van der Waals surface area contributed by atoms with E-state index in [1.807, 2.05) is 20.8 Å². The maximum atomic E-state index is 14.2. The van der Waals surface area contributed by atoms with Crippen molar-refractivity contribution < 1.29 is 38.6 Å². The molecule has 0 spiro atoms. The van der Waals surface area contributed by atoms with E-state index in [1.165, 1.54) is 6.92 Å². The van der Waals surface area contributed by atoms with Gasteiger partial charge in [-0.1, -0.05) is 85.2 Å². The van der Waals surface area contributed by atoms with Crippen LogP contribution in [0.25, 0.3) is 0 Å². The average Bonchev–Trinajstić information content (AvgIpc) is 2.95. The Labute approximate surface area is 260 Å². The van der Waals surface area contributed by atoms with Crippen LogP contribution < -0.4 is 16.4 Å². The smallest absolute Gasteiger partial charge is 0.417 e. The van der Waals surface area contributed by atoms with E-state index in [1.54, 1.807) is 58.0 Å². The van der Waals surface area contributed by atoms with Crippen molar-refractivity contribution in [3.63, 3.8) is 0 Å². The summed E-state index contributed by atoms with van der Waals surface area (Å²) in [6.45, 7) is 13.4. The highest BCUT2D eigenvalue weighted by molar-refractivity contribution is 6.02. The molecule has 0 bridgehead atoms. The van der Waals surface area contributed by atoms with E-state index in [0.29, 0.717) is 29.6 Å². The number of carbonyl (C=O) groups excluding carboxylic acids is 5. The minimum Gasteiger partial charge on any atom is -0.481 e. The minimum atomic E-state index is -1.55. The number of amides is 4. The van der Waals surface area contributed by atoms with Crippen LogP contribution in [0.1, 0.15) is 80.2 Å². The molecule has 1 rings (SSSR count). The van der Waals surface area contributed by atoms with Gasteiger partial charge in [0.25, 0.3) is 5.91 Å². The summed E-state index contributed by atoms with van der Waals surface area (Å²) in [5, 5.41) is 15.1. The molecule has 4 amide bonds. The van der Waals surface area contributed by atoms with Gasteiger partial charge in [-0.05, 0) is 42.6 Å². The molecule has 12 heteroatoms. The lowest BCUT2D eigenvalue weighted by molar-refractivity contribution is -0.148. The van der Waals surface area contributed by atoms with E-state index < -0.39 is 71.7 Å². The van der Waals surface area contributed by atoms with Crippen LogP contribution in [0.4, 0.5) is 4.79 Å². The summed E-state index contributed by atoms with van der Waals surface area (Å²) >= 11 is 0. The van der Waals surface area contributed by atoms with Crippen molar-refractivity contribution in [3.8, 4) is 0 Å². The van der Waals surface area contributed by atoms with Gasteiger partial charge in [-0.3, -0.25) is 19.2 Å². The Morgan fingerprint density at radius 3 is 2.05 bits per heavy atom. The molecule has 1 unspecified atom stereocenters. The van der Waals surface area contributed by atoms with Gasteiger partial charge in [0, 0.05) is 0 Å². The van der Waals surface area contributed by atoms with Crippen LogP contribution in [0.15, 0.2) is 30.3 Å². The molecule has 5 N–H and O–H groups in total. The van der Waals surface area contributed by atoms with Crippen LogP contribution in [-0.4, -0.2) is 70.2 Å². The molecule has 44 heavy (non-hydrogen) atoms. The number of ether oxygens (including phenoxy) is 1. The number of carboxylic acids is 1. The second-order valence-electron chi connectivity index (χ2n) is 12.8. The number of nitrogens with one attached hydrogen (secondary N) is 2. The number of hydrogen-bond acceptors (Lipinski definition) is 8. The molecule has 0 aliphatic carbocycles. The third-order valence-electron chi connectivity index (χ3n) is 7.61. The highest BCUT2D eigenvalue weighted by Gasteiger charge is 2.42. The molecule has 0 saturated carbocycles. The zero-order chi connectivity index (χ0) is 33.8. The Hall–Kier alpha value is -3.80. The zero-order valence-electron chi connectivity index (χ0n) is 27.2. The molecule has 0 aromatic heterocycles. The number of benzene rings is 1. The van der Waals surface area contributed by atoms with E-state index in [-0.39, 0.29) is 18.4 Å². The molecule has 0 radical (unpaired) electrons. The van der Waals surface area contributed by atoms with Gasteiger partial charge in [-0.15, -0.1) is 0 Å². The van der Waals surface area contributed by atoms with Gasteiger partial charge in [0.1, 0.15) is 25.0 Å². The first-order valence-electron chi connectivity index (χ1n) is 15.0. The van der Waals surface area contributed by atoms with Gasteiger partial charge in [0.15, 0.2) is 0 Å². The van der Waals surface area contributed by atoms with Crippen molar-refractivity contribution >= 4 is 36.1 Å². The Morgan fingerprint density at radius 1 is 0.977 bits per heavy atom. The second kappa shape index (κ2) is 17.5. The van der Waals surface area contributed by atoms with E-state index in [2.05, 4.69) is 10.6 Å². The lowest BCUT2D eigenvalue weighted by Gasteiger charge is -2.34. The SMILES string of the molecule is CC[C@H](C)[C@H](N)C(=O)N[C@@H](CC(C(=O)O)C(C)(C)C)C(=O)N(C(=O)OCc1ccccc1)[C@@H](C)C(=O)N[C@H](C=O)CC(C)C. The van der Waals surface area contributed by atoms with Crippen LogP contribution in [0.5, 0.6) is 0 Å². The highest BCUT2D eigenvalue weighted by Crippen LogP contribution is 2.31. The Balaban J connectivity index is 3.57. The first-order valence-corrected chi connectivity index (χ1v) is 15.0. The fourth-order valence-corrected chi connectivity index (χ4v) is 4.53. The molecule has 0 aliphatic heterocycles. The lowest BCUT2D eigenvalue weighted by atomic mass is 9.77. The molecule has 1 aromatic rings. The van der Waals surface area contributed by atoms with Gasteiger partial charge in [-0.25, -0.2) is 9.69 Å². The fourth-order valence-electron chi connectivity index (χ4n) is 4.53. The normalized spacial score (nSPS) is 15.6. The van der Waals surface area contributed by atoms with Crippen molar-refractivity contribution in [2.45, 2.75) is 105 Å². The molecule has 0 heterocycles. The predicted molar refractivity (Wildman–Crippen MR) is 165 cm³/mol. The average molecular weight is 619 g/mol. The Bertz CT molecular complexity index is 1130. The number of aldehydes is 1. The lowest BCUT2D eigenvalue weighted by Crippen LogP contribution is -2.60. The standard InChI is InChI=1S/C32H50N4O8/c1-9-20(4)26(33)28(39)35-25(16-24(30(41)42)32(6,7)8)29(40)36(31(43)44-18-22-13-11-10-12-14-22)21(5)27(38)34-23(17-37)15-19(2)3/h10-14,17,19-21,23-26H,9,15-16,18,33H2,1-8H3,(H,34,38)(H,35,39)(H,41,42)/t20-,21-,23-,24?,25-,26-/m0/s1. The van der Waals surface area contributed by atoms with Crippen molar-refractivity contribution in [1.29, 1.82) is 0 Å². The molecule has 246 valence electrons. The summed E-state index contributed by atoms with van der Waals surface area (Å²) in [6, 6.07) is 3.74. The number of carbonyl (C=O) groups is 6. The quantitative estimate of drug-likeness (QED) is 0.202. The molecule has 0 aliphatic rings. The Kier molecular flexibility index (Phi) is 15.2. The van der Waals surface area contributed by atoms with Crippen LogP contribution in [0.3, 0.4) is 0 Å². The molecule has 6 atom stereocenters. The molecule has 0 saturated heterocycles. The molecule has 12 nitrogen and oxygen atoms in total. The monoisotopic (exact) mass is 618 g/mol. The summed E-state index contributed by atoms with van der Waals surface area (Å²) in [4.78, 5) is 78.7.